The van der Waals surface area contributed by atoms with Crippen molar-refractivity contribution in [2.75, 3.05) is 0 Å². The first kappa shape index (κ1) is 21.3. The molecule has 0 amide bonds. The van der Waals surface area contributed by atoms with Crippen LogP contribution >= 0.6 is 0 Å². The largest absolute Gasteiger partial charge is 0.427 e. The van der Waals surface area contributed by atoms with Crippen molar-refractivity contribution >= 4 is 50.6 Å². The van der Waals surface area contributed by atoms with Crippen molar-refractivity contribution in [3.63, 3.8) is 0 Å². The molecule has 2 aromatic heterocycles. The molecule has 2 aromatic carbocycles. The molecule has 0 saturated heterocycles. The van der Waals surface area contributed by atoms with E-state index in [1.54, 1.807) is 24.4 Å². The van der Waals surface area contributed by atoms with E-state index in [1.807, 2.05) is 24.5 Å². The zero-order valence-corrected chi connectivity index (χ0v) is 18.4. The van der Waals surface area contributed by atoms with E-state index in [2.05, 4.69) is 4.98 Å². The Morgan fingerprint density at radius 2 is 1.56 bits per heavy atom. The second kappa shape index (κ2) is 7.96. The summed E-state index contributed by atoms with van der Waals surface area (Å²) in [4.78, 5) is 40.1. The highest BCUT2D eigenvalue weighted by Gasteiger charge is 2.27. The van der Waals surface area contributed by atoms with Gasteiger partial charge >= 0.3 is 17.9 Å². The number of aryl methyl sites for hydroxylation is 2. The molecule has 0 N–H and O–H groups in total. The lowest BCUT2D eigenvalue weighted by atomic mass is 10.0. The topological polar surface area (TPSA) is 96.7 Å². The number of esters is 3. The van der Waals surface area contributed by atoms with E-state index in [-0.39, 0.29) is 5.75 Å². The minimum Gasteiger partial charge on any atom is -0.427 e. The lowest BCUT2D eigenvalue weighted by Crippen LogP contribution is -2.08. The van der Waals surface area contributed by atoms with E-state index in [1.165, 1.54) is 20.8 Å². The molecule has 0 atom stereocenters. The van der Waals surface area contributed by atoms with Gasteiger partial charge in [-0.3, -0.25) is 19.4 Å². The number of nitrogens with zero attached hydrogens (tertiary/aromatic N) is 2. The first-order valence-electron chi connectivity index (χ1n) is 10.1. The van der Waals surface area contributed by atoms with Crippen LogP contribution in [0, 0.1) is 6.92 Å². The van der Waals surface area contributed by atoms with Crippen molar-refractivity contribution in [2.24, 2.45) is 0 Å². The number of benzene rings is 2. The zero-order chi connectivity index (χ0) is 23.2. The van der Waals surface area contributed by atoms with Gasteiger partial charge in [-0.1, -0.05) is 0 Å². The molecule has 0 aliphatic carbocycles. The quantitative estimate of drug-likeness (QED) is 0.346. The highest BCUT2D eigenvalue weighted by Crippen LogP contribution is 2.48. The third-order valence-corrected chi connectivity index (χ3v) is 5.15. The van der Waals surface area contributed by atoms with Gasteiger partial charge < -0.3 is 18.8 Å². The van der Waals surface area contributed by atoms with Gasteiger partial charge in [0.05, 0.1) is 16.3 Å². The molecule has 32 heavy (non-hydrogen) atoms. The zero-order valence-electron chi connectivity index (χ0n) is 18.4. The number of hydrogen-bond acceptors (Lipinski definition) is 7. The number of pyridine rings is 1. The van der Waals surface area contributed by atoms with Gasteiger partial charge in [-0.15, -0.1) is 0 Å². The number of fused-ring (bicyclic) bond motifs is 4. The van der Waals surface area contributed by atoms with Crippen LogP contribution < -0.4 is 14.2 Å². The number of carbonyl (C=O) groups excluding carboxylic acids is 3. The Labute approximate surface area is 183 Å². The Balaban J connectivity index is 2.31. The highest BCUT2D eigenvalue weighted by molar-refractivity contribution is 6.21. The molecular weight excluding hydrogens is 412 g/mol. The average molecular weight is 434 g/mol. The fourth-order valence-electron chi connectivity index (χ4n) is 4.10. The molecular formula is C24H22N2O6. The maximum Gasteiger partial charge on any atom is 0.308 e. The van der Waals surface area contributed by atoms with Crippen molar-refractivity contribution in [3.8, 4) is 17.2 Å². The van der Waals surface area contributed by atoms with Crippen LogP contribution in [0.25, 0.3) is 32.7 Å². The predicted octanol–water partition coefficient (Wildman–Crippen LogP) is 4.45. The van der Waals surface area contributed by atoms with Crippen molar-refractivity contribution in [1.29, 1.82) is 0 Å². The summed E-state index contributed by atoms with van der Waals surface area (Å²) in [6, 6.07) is 7.02. The Hall–Kier alpha value is -3.94. The van der Waals surface area contributed by atoms with E-state index < -0.39 is 17.9 Å². The van der Waals surface area contributed by atoms with Crippen molar-refractivity contribution in [3.05, 3.63) is 36.0 Å². The lowest BCUT2D eigenvalue weighted by Gasteiger charge is -2.15. The Kier molecular flexibility index (Phi) is 5.30. The maximum absolute atomic E-state index is 12.1. The SMILES string of the molecule is CCn1c2ccc(OC(C)=O)cc2c2c(OC(C)=O)c3c(C)ccnc3c(OC(C)=O)c21. The van der Waals surface area contributed by atoms with Gasteiger partial charge in [0.15, 0.2) is 11.5 Å². The number of aromatic nitrogens is 2. The van der Waals surface area contributed by atoms with Crippen molar-refractivity contribution in [1.82, 2.24) is 9.55 Å². The normalized spacial score (nSPS) is 11.2. The van der Waals surface area contributed by atoms with E-state index in [0.29, 0.717) is 45.2 Å². The van der Waals surface area contributed by atoms with Gasteiger partial charge in [-0.05, 0) is 43.7 Å². The van der Waals surface area contributed by atoms with Crippen LogP contribution in [-0.4, -0.2) is 27.5 Å². The minimum absolute atomic E-state index is 0.286. The summed E-state index contributed by atoms with van der Waals surface area (Å²) in [5.74, 6) is -0.481. The number of hydrogen-bond donors (Lipinski definition) is 0. The first-order chi connectivity index (χ1) is 15.2. The fraction of sp³-hybridized carbons (Fsp3) is 0.250. The summed E-state index contributed by atoms with van der Waals surface area (Å²) < 4.78 is 18.6. The molecule has 0 aliphatic rings. The van der Waals surface area contributed by atoms with Gasteiger partial charge in [-0.2, -0.15) is 0 Å². The standard InChI is InChI=1S/C24H22N2O6/c1-6-26-18-8-7-16(30-13(3)27)11-17(18)20-22(26)24(32-15(5)29)21-19(12(2)9-10-25-21)23(20)31-14(4)28/h7-11H,6H2,1-5H3. The van der Waals surface area contributed by atoms with Crippen molar-refractivity contribution in [2.45, 2.75) is 41.2 Å². The van der Waals surface area contributed by atoms with Crippen LogP contribution in [0.2, 0.25) is 0 Å². The van der Waals surface area contributed by atoms with Crippen LogP contribution in [0.5, 0.6) is 17.2 Å². The van der Waals surface area contributed by atoms with Crippen molar-refractivity contribution < 1.29 is 28.6 Å². The van der Waals surface area contributed by atoms with Gasteiger partial charge in [0.1, 0.15) is 11.3 Å². The summed E-state index contributed by atoms with van der Waals surface area (Å²) in [5, 5.41) is 1.83. The molecule has 8 heteroatoms. The Morgan fingerprint density at radius 1 is 0.906 bits per heavy atom. The molecule has 4 aromatic rings. The molecule has 8 nitrogen and oxygen atoms in total. The molecule has 0 saturated carbocycles. The van der Waals surface area contributed by atoms with Crippen LogP contribution in [-0.2, 0) is 20.9 Å². The average Bonchev–Trinajstić information content (AvgIpc) is 3.03. The number of rotatable bonds is 4. The lowest BCUT2D eigenvalue weighted by molar-refractivity contribution is -0.132. The maximum atomic E-state index is 12.1. The number of carbonyl (C=O) groups is 3. The third-order valence-electron chi connectivity index (χ3n) is 5.15. The Morgan fingerprint density at radius 3 is 2.19 bits per heavy atom. The second-order valence-corrected chi connectivity index (χ2v) is 7.44. The molecule has 0 unspecified atom stereocenters. The summed E-state index contributed by atoms with van der Waals surface area (Å²) in [5.41, 5.74) is 2.59. The summed E-state index contributed by atoms with van der Waals surface area (Å²) in [6.07, 6.45) is 1.62. The van der Waals surface area contributed by atoms with E-state index >= 15 is 0 Å². The molecule has 4 rings (SSSR count). The number of ether oxygens (including phenoxy) is 3. The van der Waals surface area contributed by atoms with E-state index in [0.717, 1.165) is 11.1 Å². The summed E-state index contributed by atoms with van der Waals surface area (Å²) in [7, 11) is 0. The van der Waals surface area contributed by atoms with Gasteiger partial charge in [0.25, 0.3) is 0 Å². The smallest absolute Gasteiger partial charge is 0.308 e. The molecule has 164 valence electrons. The minimum atomic E-state index is -0.496. The van der Waals surface area contributed by atoms with Crippen LogP contribution in [0.3, 0.4) is 0 Å². The van der Waals surface area contributed by atoms with Crippen LogP contribution in [0.15, 0.2) is 30.5 Å². The molecule has 2 heterocycles. The first-order valence-corrected chi connectivity index (χ1v) is 10.1. The summed E-state index contributed by atoms with van der Waals surface area (Å²) >= 11 is 0. The van der Waals surface area contributed by atoms with Gasteiger partial charge in [0.2, 0.25) is 0 Å². The van der Waals surface area contributed by atoms with E-state index in [4.69, 9.17) is 14.2 Å². The molecule has 0 bridgehead atoms. The van der Waals surface area contributed by atoms with Gasteiger partial charge in [0, 0.05) is 44.4 Å². The van der Waals surface area contributed by atoms with Gasteiger partial charge in [-0.25, -0.2) is 0 Å². The summed E-state index contributed by atoms with van der Waals surface area (Å²) in [6.45, 7) is 8.33. The third kappa shape index (κ3) is 3.43. The molecule has 0 spiro atoms. The Bertz CT molecular complexity index is 1430. The molecule has 0 radical (unpaired) electrons. The van der Waals surface area contributed by atoms with Crippen LogP contribution in [0.4, 0.5) is 0 Å². The molecule has 0 fully saturated rings. The monoisotopic (exact) mass is 434 g/mol. The van der Waals surface area contributed by atoms with E-state index in [9.17, 15) is 14.4 Å². The molecule has 0 aliphatic heterocycles. The fourth-order valence-corrected chi connectivity index (χ4v) is 4.10. The predicted molar refractivity (Wildman–Crippen MR) is 119 cm³/mol. The van der Waals surface area contributed by atoms with Crippen LogP contribution in [0.1, 0.15) is 33.3 Å². The highest BCUT2D eigenvalue weighted by atomic mass is 16.5. The second-order valence-electron chi connectivity index (χ2n) is 7.44.